The van der Waals surface area contributed by atoms with E-state index in [0.717, 1.165) is 0 Å². The first-order chi connectivity index (χ1) is 7.50. The minimum absolute atomic E-state index is 0.170. The van der Waals surface area contributed by atoms with Gasteiger partial charge in [-0.3, -0.25) is 0 Å². The van der Waals surface area contributed by atoms with E-state index in [1.807, 2.05) is 13.8 Å². The van der Waals surface area contributed by atoms with E-state index < -0.39 is 11.4 Å². The summed E-state index contributed by atoms with van der Waals surface area (Å²) in [5, 5.41) is 12.8. The monoisotopic (exact) mass is 290 g/mol. The Balaban J connectivity index is 2.67. The molecule has 1 rings (SSSR count). The molecule has 0 amide bonds. The highest BCUT2D eigenvalue weighted by Gasteiger charge is 2.22. The van der Waals surface area contributed by atoms with Gasteiger partial charge >= 0.3 is 0 Å². The summed E-state index contributed by atoms with van der Waals surface area (Å²) in [7, 11) is 0. The number of aromatic nitrogens is 1. The van der Waals surface area contributed by atoms with Gasteiger partial charge in [0.2, 0.25) is 0 Å². The second kappa shape index (κ2) is 5.59. The van der Waals surface area contributed by atoms with Crippen molar-refractivity contribution in [3.63, 3.8) is 0 Å². The molecule has 0 atom stereocenters. The molecule has 0 aromatic carbocycles. The lowest BCUT2D eigenvalue weighted by molar-refractivity contribution is 0.0455. The maximum Gasteiger partial charge on any atom is 0.166 e. The zero-order valence-corrected chi connectivity index (χ0v) is 11.0. The van der Waals surface area contributed by atoms with Crippen LogP contribution in [0.3, 0.4) is 0 Å². The normalized spacial score (nSPS) is 11.6. The largest absolute Gasteiger partial charge is 0.388 e. The summed E-state index contributed by atoms with van der Waals surface area (Å²) in [6.07, 6.45) is 2.76. The van der Waals surface area contributed by atoms with Crippen LogP contribution in [0.25, 0.3) is 0 Å². The van der Waals surface area contributed by atoms with Crippen LogP contribution < -0.4 is 5.32 Å². The van der Waals surface area contributed by atoms with Crippen molar-refractivity contribution in [2.45, 2.75) is 32.3 Å². The Labute approximate surface area is 103 Å². The fourth-order valence-corrected chi connectivity index (χ4v) is 1.60. The first-order valence-corrected chi connectivity index (χ1v) is 6.07. The van der Waals surface area contributed by atoms with E-state index in [1.54, 1.807) is 0 Å². The van der Waals surface area contributed by atoms with E-state index in [-0.39, 0.29) is 5.82 Å². The molecule has 0 aliphatic heterocycles. The summed E-state index contributed by atoms with van der Waals surface area (Å²) in [4.78, 5) is 3.91. The van der Waals surface area contributed by atoms with Gasteiger partial charge in [0.1, 0.15) is 0 Å². The van der Waals surface area contributed by atoms with Crippen LogP contribution in [0.4, 0.5) is 10.2 Å². The molecule has 0 saturated carbocycles. The molecule has 1 heterocycles. The van der Waals surface area contributed by atoms with E-state index in [9.17, 15) is 9.50 Å². The second-order valence-corrected chi connectivity index (χ2v) is 4.68. The van der Waals surface area contributed by atoms with Crippen LogP contribution in [0, 0.1) is 5.82 Å². The van der Waals surface area contributed by atoms with Crippen LogP contribution in [-0.2, 0) is 0 Å². The molecule has 1 aromatic heterocycles. The Bertz CT molecular complexity index is 356. The highest BCUT2D eigenvalue weighted by Crippen LogP contribution is 2.19. The number of halogens is 2. The second-order valence-electron chi connectivity index (χ2n) is 3.77. The summed E-state index contributed by atoms with van der Waals surface area (Å²) in [6, 6.07) is 1.34. The lowest BCUT2D eigenvalue weighted by Gasteiger charge is -2.25. The van der Waals surface area contributed by atoms with Crippen LogP contribution in [0.2, 0.25) is 0 Å². The molecule has 2 N–H and O–H groups in total. The Kier molecular flexibility index (Phi) is 4.68. The molecule has 0 spiro atoms. The molecule has 0 bridgehead atoms. The highest BCUT2D eigenvalue weighted by atomic mass is 79.9. The fourth-order valence-electron chi connectivity index (χ4n) is 1.29. The molecule has 0 fully saturated rings. The number of hydrogen-bond donors (Lipinski definition) is 2. The van der Waals surface area contributed by atoms with Crippen molar-refractivity contribution in [3.8, 4) is 0 Å². The Morgan fingerprint density at radius 2 is 2.12 bits per heavy atom. The van der Waals surface area contributed by atoms with Crippen molar-refractivity contribution in [1.29, 1.82) is 0 Å². The minimum atomic E-state index is -0.804. The van der Waals surface area contributed by atoms with E-state index >= 15 is 0 Å². The van der Waals surface area contributed by atoms with Gasteiger partial charge in [-0.1, -0.05) is 13.8 Å². The third-order valence-electron chi connectivity index (χ3n) is 2.71. The molecular weight excluding hydrogens is 275 g/mol. The van der Waals surface area contributed by atoms with Crippen LogP contribution in [0.15, 0.2) is 16.7 Å². The predicted molar refractivity (Wildman–Crippen MR) is 65.9 cm³/mol. The van der Waals surface area contributed by atoms with Crippen molar-refractivity contribution in [2.75, 3.05) is 11.9 Å². The molecule has 1 aromatic rings. The van der Waals surface area contributed by atoms with Crippen LogP contribution in [-0.4, -0.2) is 22.2 Å². The lowest BCUT2D eigenvalue weighted by Crippen LogP contribution is -2.35. The molecular formula is C11H16BrFN2O. The summed E-state index contributed by atoms with van der Waals surface area (Å²) < 4.78 is 14.0. The van der Waals surface area contributed by atoms with Crippen LogP contribution >= 0.6 is 15.9 Å². The van der Waals surface area contributed by atoms with Crippen LogP contribution in [0.1, 0.15) is 26.7 Å². The summed E-state index contributed by atoms with van der Waals surface area (Å²) in [6.45, 7) is 4.10. The molecule has 0 aliphatic carbocycles. The molecule has 5 heteroatoms. The van der Waals surface area contributed by atoms with Crippen molar-refractivity contribution in [3.05, 3.63) is 22.6 Å². The lowest BCUT2D eigenvalue weighted by atomic mass is 9.98. The van der Waals surface area contributed by atoms with Crippen molar-refractivity contribution in [2.24, 2.45) is 0 Å². The quantitative estimate of drug-likeness (QED) is 0.876. The maximum atomic E-state index is 13.4. The van der Waals surface area contributed by atoms with Crippen molar-refractivity contribution >= 4 is 21.7 Å². The number of anilines is 1. The Hall–Kier alpha value is -0.680. The van der Waals surface area contributed by atoms with E-state index in [2.05, 4.69) is 26.2 Å². The third kappa shape index (κ3) is 3.42. The first-order valence-electron chi connectivity index (χ1n) is 5.28. The van der Waals surface area contributed by atoms with Gasteiger partial charge in [-0.15, -0.1) is 0 Å². The van der Waals surface area contributed by atoms with Gasteiger partial charge in [0.15, 0.2) is 11.6 Å². The molecule has 0 saturated heterocycles. The SMILES string of the molecule is CCC(O)(CC)CNc1ncc(Br)cc1F. The molecule has 0 unspecified atom stereocenters. The van der Waals surface area contributed by atoms with Gasteiger partial charge in [0.25, 0.3) is 0 Å². The maximum absolute atomic E-state index is 13.4. The summed E-state index contributed by atoms with van der Waals surface area (Å²) in [5.41, 5.74) is -0.804. The van der Waals surface area contributed by atoms with Crippen LogP contribution in [0.5, 0.6) is 0 Å². The van der Waals surface area contributed by atoms with Crippen molar-refractivity contribution in [1.82, 2.24) is 4.98 Å². The molecule has 90 valence electrons. The average Bonchev–Trinajstić information content (AvgIpc) is 2.27. The van der Waals surface area contributed by atoms with Gasteiger partial charge < -0.3 is 10.4 Å². The molecule has 16 heavy (non-hydrogen) atoms. The van der Waals surface area contributed by atoms with E-state index in [4.69, 9.17) is 0 Å². The van der Waals surface area contributed by atoms with Gasteiger partial charge in [-0.05, 0) is 34.8 Å². The molecule has 3 nitrogen and oxygen atoms in total. The number of hydrogen-bond acceptors (Lipinski definition) is 3. The average molecular weight is 291 g/mol. The fraction of sp³-hybridized carbons (Fsp3) is 0.545. The Morgan fingerprint density at radius 3 is 2.62 bits per heavy atom. The minimum Gasteiger partial charge on any atom is -0.388 e. The van der Waals surface area contributed by atoms with Crippen molar-refractivity contribution < 1.29 is 9.50 Å². The summed E-state index contributed by atoms with van der Waals surface area (Å²) >= 11 is 3.13. The molecule has 0 aliphatic rings. The summed E-state index contributed by atoms with van der Waals surface area (Å²) in [5.74, 6) is -0.257. The topological polar surface area (TPSA) is 45.1 Å². The van der Waals surface area contributed by atoms with E-state index in [1.165, 1.54) is 12.3 Å². The highest BCUT2D eigenvalue weighted by molar-refractivity contribution is 9.10. The van der Waals surface area contributed by atoms with Gasteiger partial charge in [-0.25, -0.2) is 9.37 Å². The molecule has 0 radical (unpaired) electrons. The first kappa shape index (κ1) is 13.4. The van der Waals surface area contributed by atoms with Gasteiger partial charge in [0.05, 0.1) is 5.60 Å². The van der Waals surface area contributed by atoms with Gasteiger partial charge in [0, 0.05) is 17.2 Å². The standard InChI is InChI=1S/C11H16BrFN2O/c1-3-11(16,4-2)7-15-10-9(13)5-8(12)6-14-10/h5-6,16H,3-4,7H2,1-2H3,(H,14,15). The smallest absolute Gasteiger partial charge is 0.166 e. The Morgan fingerprint density at radius 1 is 1.50 bits per heavy atom. The number of pyridine rings is 1. The number of nitrogens with zero attached hydrogens (tertiary/aromatic N) is 1. The number of aliphatic hydroxyl groups is 1. The number of nitrogens with one attached hydrogen (secondary N) is 1. The zero-order valence-electron chi connectivity index (χ0n) is 9.43. The number of rotatable bonds is 5. The van der Waals surface area contributed by atoms with E-state index in [0.29, 0.717) is 23.9 Å². The zero-order chi connectivity index (χ0) is 12.2. The van der Waals surface area contributed by atoms with Gasteiger partial charge in [-0.2, -0.15) is 0 Å². The third-order valence-corrected chi connectivity index (χ3v) is 3.14. The predicted octanol–water partition coefficient (Wildman–Crippen LogP) is 2.95.